The monoisotopic (exact) mass is 340 g/mol. The average Bonchev–Trinajstić information content (AvgIpc) is 3.13. The molecule has 4 nitrogen and oxygen atoms in total. The molecule has 1 atom stereocenters. The molecule has 3 N–H and O–H groups in total. The summed E-state index contributed by atoms with van der Waals surface area (Å²) < 4.78 is 0. The number of hydrogen-bond acceptors (Lipinski definition) is 4. The molecule has 1 aliphatic rings. The van der Waals surface area contributed by atoms with Crippen LogP contribution < -0.4 is 16.5 Å². The minimum atomic E-state index is 0.657. The quantitative estimate of drug-likeness (QED) is 0.309. The number of rotatable bonds is 17. The van der Waals surface area contributed by atoms with E-state index in [9.17, 15) is 0 Å². The van der Waals surface area contributed by atoms with Crippen molar-refractivity contribution in [2.24, 2.45) is 0 Å². The Balaban J connectivity index is 1.77. The Kier molecular flexibility index (Phi) is 14.9. The van der Waals surface area contributed by atoms with Gasteiger partial charge in [0.1, 0.15) is 0 Å². The van der Waals surface area contributed by atoms with Crippen LogP contribution in [0.3, 0.4) is 0 Å². The van der Waals surface area contributed by atoms with Crippen LogP contribution in [-0.4, -0.2) is 17.7 Å². The topological polar surface area (TPSA) is 39.3 Å². The molecule has 0 bridgehead atoms. The average molecular weight is 341 g/mol. The minimum absolute atomic E-state index is 0.657. The van der Waals surface area contributed by atoms with Crippen LogP contribution in [0, 0.1) is 0 Å². The molecule has 1 rings (SSSR count). The van der Waals surface area contributed by atoms with Gasteiger partial charge in [-0.1, -0.05) is 104 Å². The van der Waals surface area contributed by atoms with Gasteiger partial charge in [-0.25, -0.2) is 10.4 Å². The first-order chi connectivity index (χ1) is 11.9. The Morgan fingerprint density at radius 1 is 0.708 bits per heavy atom. The molecule has 0 aromatic heterocycles. The molecule has 1 aliphatic heterocycles. The van der Waals surface area contributed by atoms with Gasteiger partial charge in [0.2, 0.25) is 0 Å². The van der Waals surface area contributed by atoms with Gasteiger partial charge in [0.25, 0.3) is 0 Å². The van der Waals surface area contributed by atoms with Crippen LogP contribution in [0.4, 0.5) is 0 Å². The highest BCUT2D eigenvalue weighted by atomic mass is 15.9. The first-order valence-corrected chi connectivity index (χ1v) is 10.9. The molecule has 0 aromatic carbocycles. The van der Waals surface area contributed by atoms with Crippen molar-refractivity contribution in [1.29, 1.82) is 0 Å². The Labute approximate surface area is 151 Å². The molecule has 24 heavy (non-hydrogen) atoms. The van der Waals surface area contributed by atoms with E-state index < -0.39 is 0 Å². The van der Waals surface area contributed by atoms with Crippen LogP contribution in [-0.2, 0) is 0 Å². The number of hydrogen-bond donors (Lipinski definition) is 3. The summed E-state index contributed by atoms with van der Waals surface area (Å²) in [6.07, 6.45) is 22.7. The van der Waals surface area contributed by atoms with E-state index in [1.165, 1.54) is 103 Å². The van der Waals surface area contributed by atoms with Gasteiger partial charge >= 0.3 is 0 Å². The third kappa shape index (κ3) is 11.4. The first kappa shape index (κ1) is 21.9. The van der Waals surface area contributed by atoms with Crippen molar-refractivity contribution in [2.75, 3.05) is 6.67 Å². The molecule has 0 aliphatic carbocycles. The standard InChI is InChI=1S/C20H44N4/c1-3-5-6-7-8-9-10-11-12-13-14-15-16-17-18-20(4-2)24-19-21-22-23-24/h20-23H,3-19H2,1-2H3. The molecule has 144 valence electrons. The fourth-order valence-electron chi connectivity index (χ4n) is 3.65. The van der Waals surface area contributed by atoms with E-state index in [1.54, 1.807) is 0 Å². The predicted molar refractivity (Wildman–Crippen MR) is 105 cm³/mol. The summed E-state index contributed by atoms with van der Waals surface area (Å²) in [6.45, 7) is 5.48. The number of nitrogens with one attached hydrogen (secondary N) is 3. The van der Waals surface area contributed by atoms with Gasteiger partial charge in [0, 0.05) is 6.04 Å². The van der Waals surface area contributed by atoms with Crippen LogP contribution >= 0.6 is 0 Å². The predicted octanol–water partition coefficient (Wildman–Crippen LogP) is 5.42. The second-order valence-corrected chi connectivity index (χ2v) is 7.49. The van der Waals surface area contributed by atoms with Crippen molar-refractivity contribution in [2.45, 2.75) is 123 Å². The van der Waals surface area contributed by atoms with E-state index in [-0.39, 0.29) is 0 Å². The van der Waals surface area contributed by atoms with Crippen molar-refractivity contribution in [3.05, 3.63) is 0 Å². The fraction of sp³-hybridized carbons (Fsp3) is 1.00. The van der Waals surface area contributed by atoms with E-state index in [1.807, 2.05) is 0 Å². The summed E-state index contributed by atoms with van der Waals surface area (Å²) in [5, 5.41) is 2.28. The Bertz CT molecular complexity index is 254. The van der Waals surface area contributed by atoms with Crippen LogP contribution in [0.2, 0.25) is 0 Å². The second-order valence-electron chi connectivity index (χ2n) is 7.49. The Hall–Kier alpha value is -0.160. The number of nitrogens with zero attached hydrogens (tertiary/aromatic N) is 1. The third-order valence-corrected chi connectivity index (χ3v) is 5.34. The Morgan fingerprint density at radius 2 is 1.21 bits per heavy atom. The van der Waals surface area contributed by atoms with Crippen molar-refractivity contribution in [1.82, 2.24) is 21.5 Å². The molecule has 0 radical (unpaired) electrons. The molecular weight excluding hydrogens is 296 g/mol. The molecule has 1 saturated heterocycles. The fourth-order valence-corrected chi connectivity index (χ4v) is 3.65. The lowest BCUT2D eigenvalue weighted by Crippen LogP contribution is -2.43. The molecule has 1 heterocycles. The summed E-state index contributed by atoms with van der Waals surface area (Å²) in [6, 6.07) is 0.657. The van der Waals surface area contributed by atoms with E-state index >= 15 is 0 Å². The summed E-state index contributed by atoms with van der Waals surface area (Å²) in [7, 11) is 0. The van der Waals surface area contributed by atoms with Gasteiger partial charge in [-0.2, -0.15) is 11.1 Å². The third-order valence-electron chi connectivity index (χ3n) is 5.34. The van der Waals surface area contributed by atoms with Crippen molar-refractivity contribution < 1.29 is 0 Å². The van der Waals surface area contributed by atoms with Crippen molar-refractivity contribution in [3.8, 4) is 0 Å². The number of unbranched alkanes of at least 4 members (excludes halogenated alkanes) is 13. The molecule has 0 amide bonds. The largest absolute Gasteiger partial charge is 0.227 e. The maximum absolute atomic E-state index is 3.18. The summed E-state index contributed by atoms with van der Waals surface area (Å²) in [4.78, 5) is 0. The van der Waals surface area contributed by atoms with E-state index in [0.717, 1.165) is 6.67 Å². The molecule has 4 heteroatoms. The Morgan fingerprint density at radius 3 is 1.62 bits per heavy atom. The van der Waals surface area contributed by atoms with Crippen LogP contribution in [0.25, 0.3) is 0 Å². The van der Waals surface area contributed by atoms with Gasteiger partial charge in [-0.15, -0.1) is 0 Å². The highest BCUT2D eigenvalue weighted by molar-refractivity contribution is 4.67. The van der Waals surface area contributed by atoms with Crippen LogP contribution in [0.15, 0.2) is 0 Å². The van der Waals surface area contributed by atoms with Crippen molar-refractivity contribution >= 4 is 0 Å². The zero-order valence-corrected chi connectivity index (χ0v) is 16.5. The van der Waals surface area contributed by atoms with E-state index in [2.05, 4.69) is 35.4 Å². The maximum atomic E-state index is 3.18. The SMILES string of the molecule is CCCCCCCCCCCCCCCCC(CC)N1CNNN1. The first-order valence-electron chi connectivity index (χ1n) is 10.9. The highest BCUT2D eigenvalue weighted by Gasteiger charge is 2.18. The zero-order valence-electron chi connectivity index (χ0n) is 16.5. The molecule has 1 fully saturated rings. The molecule has 0 aromatic rings. The summed E-state index contributed by atoms with van der Waals surface area (Å²) in [5.74, 6) is 0. The maximum Gasteiger partial charge on any atom is 0.0781 e. The normalized spacial score (nSPS) is 16.8. The summed E-state index contributed by atoms with van der Waals surface area (Å²) >= 11 is 0. The smallest absolute Gasteiger partial charge is 0.0781 e. The lowest BCUT2D eigenvalue weighted by Gasteiger charge is -2.24. The lowest BCUT2D eigenvalue weighted by atomic mass is 10.0. The highest BCUT2D eigenvalue weighted by Crippen LogP contribution is 2.15. The van der Waals surface area contributed by atoms with Gasteiger partial charge in [-0.3, -0.25) is 0 Å². The second kappa shape index (κ2) is 16.3. The number of hydrazine groups is 3. The lowest BCUT2D eigenvalue weighted by molar-refractivity contribution is 0.144. The minimum Gasteiger partial charge on any atom is -0.227 e. The van der Waals surface area contributed by atoms with Gasteiger partial charge < -0.3 is 0 Å². The zero-order chi connectivity index (χ0) is 17.3. The van der Waals surface area contributed by atoms with Crippen molar-refractivity contribution in [3.63, 3.8) is 0 Å². The van der Waals surface area contributed by atoms with Crippen LogP contribution in [0.1, 0.15) is 117 Å². The van der Waals surface area contributed by atoms with Gasteiger partial charge in [-0.05, 0) is 12.8 Å². The summed E-state index contributed by atoms with van der Waals surface area (Å²) in [5.41, 5.74) is 9.25. The van der Waals surface area contributed by atoms with Gasteiger partial charge in [0.15, 0.2) is 0 Å². The van der Waals surface area contributed by atoms with E-state index in [0.29, 0.717) is 6.04 Å². The van der Waals surface area contributed by atoms with E-state index in [4.69, 9.17) is 0 Å². The van der Waals surface area contributed by atoms with Gasteiger partial charge in [0.05, 0.1) is 6.67 Å². The molecule has 0 spiro atoms. The molecular formula is C20H44N4. The molecule has 0 saturated carbocycles. The van der Waals surface area contributed by atoms with Crippen LogP contribution in [0.5, 0.6) is 0 Å². The molecule has 1 unspecified atom stereocenters.